The van der Waals surface area contributed by atoms with Crippen molar-refractivity contribution in [3.8, 4) is 0 Å². The number of nitrogens with two attached hydrogens (primary N) is 1. The van der Waals surface area contributed by atoms with E-state index in [2.05, 4.69) is 13.8 Å². The molecule has 0 spiro atoms. The van der Waals surface area contributed by atoms with Crippen LogP contribution in [0.5, 0.6) is 0 Å². The maximum atomic E-state index is 5.97. The van der Waals surface area contributed by atoms with Crippen LogP contribution in [-0.2, 0) is 11.3 Å². The molecule has 1 aromatic carbocycles. The van der Waals surface area contributed by atoms with E-state index in [0.717, 1.165) is 17.0 Å². The first-order valence-electron chi connectivity index (χ1n) is 5.71. The van der Waals surface area contributed by atoms with Crippen molar-refractivity contribution in [2.24, 2.45) is 11.7 Å². The smallest absolute Gasteiger partial charge is 0.0717 e. The summed E-state index contributed by atoms with van der Waals surface area (Å²) in [5.41, 5.74) is 7.10. The van der Waals surface area contributed by atoms with Gasteiger partial charge in [-0.2, -0.15) is 0 Å². The largest absolute Gasteiger partial charge is 0.375 e. The molecule has 0 saturated carbocycles. The number of benzene rings is 1. The number of halogens is 1. The van der Waals surface area contributed by atoms with Crippen LogP contribution in [0.2, 0.25) is 5.02 Å². The predicted molar refractivity (Wildman–Crippen MR) is 68.5 cm³/mol. The Hall–Kier alpha value is -0.570. The Morgan fingerprint density at radius 2 is 1.94 bits per heavy atom. The number of rotatable bonds is 6. The summed E-state index contributed by atoms with van der Waals surface area (Å²) < 4.78 is 5.58. The maximum absolute atomic E-state index is 5.97. The Balaban J connectivity index is 2.27. The molecule has 0 bridgehead atoms. The molecule has 2 atom stereocenters. The fraction of sp³-hybridized carbons (Fsp3) is 0.538. The zero-order valence-corrected chi connectivity index (χ0v) is 10.7. The highest BCUT2D eigenvalue weighted by Gasteiger charge is 2.10. The quantitative estimate of drug-likeness (QED) is 0.830. The lowest BCUT2D eigenvalue weighted by Gasteiger charge is -2.18. The molecule has 0 aliphatic carbocycles. The maximum Gasteiger partial charge on any atom is 0.0717 e. The molecule has 3 heteroatoms. The van der Waals surface area contributed by atoms with Crippen molar-refractivity contribution in [2.45, 2.75) is 32.9 Å². The predicted octanol–water partition coefficient (Wildman–Crippen LogP) is 3.23. The van der Waals surface area contributed by atoms with Crippen LogP contribution in [0.3, 0.4) is 0 Å². The van der Waals surface area contributed by atoms with Crippen LogP contribution in [0, 0.1) is 5.92 Å². The van der Waals surface area contributed by atoms with Gasteiger partial charge in [-0.1, -0.05) is 44.0 Å². The molecule has 2 N–H and O–H groups in total. The van der Waals surface area contributed by atoms with E-state index in [0.29, 0.717) is 19.1 Å². The van der Waals surface area contributed by atoms with Crippen LogP contribution >= 0.6 is 11.6 Å². The average molecular weight is 242 g/mol. The van der Waals surface area contributed by atoms with Gasteiger partial charge >= 0.3 is 0 Å². The van der Waals surface area contributed by atoms with Gasteiger partial charge in [0.25, 0.3) is 0 Å². The lowest BCUT2D eigenvalue weighted by molar-refractivity contribution is 0.0947. The van der Waals surface area contributed by atoms with Crippen molar-refractivity contribution in [2.75, 3.05) is 6.61 Å². The zero-order chi connectivity index (χ0) is 12.0. The van der Waals surface area contributed by atoms with Gasteiger partial charge in [0.15, 0.2) is 0 Å². The summed E-state index contributed by atoms with van der Waals surface area (Å²) in [4.78, 5) is 0. The van der Waals surface area contributed by atoms with E-state index >= 15 is 0 Å². The first kappa shape index (κ1) is 13.5. The van der Waals surface area contributed by atoms with Gasteiger partial charge in [0.05, 0.1) is 13.2 Å². The second-order valence-corrected chi connectivity index (χ2v) is 4.63. The fourth-order valence-electron chi connectivity index (χ4n) is 1.36. The van der Waals surface area contributed by atoms with Crippen LogP contribution in [0.25, 0.3) is 0 Å². The van der Waals surface area contributed by atoms with E-state index in [1.165, 1.54) is 0 Å². The molecule has 1 aromatic rings. The molecule has 1 rings (SSSR count). The first-order valence-corrected chi connectivity index (χ1v) is 6.09. The summed E-state index contributed by atoms with van der Waals surface area (Å²) >= 11 is 5.80. The second kappa shape index (κ2) is 6.89. The summed E-state index contributed by atoms with van der Waals surface area (Å²) in [6.45, 7) is 5.50. The highest BCUT2D eigenvalue weighted by Crippen LogP contribution is 2.11. The molecule has 0 heterocycles. The first-order chi connectivity index (χ1) is 7.63. The minimum atomic E-state index is 0.123. The molecule has 0 radical (unpaired) electrons. The zero-order valence-electron chi connectivity index (χ0n) is 9.95. The highest BCUT2D eigenvalue weighted by atomic mass is 35.5. The van der Waals surface area contributed by atoms with Crippen molar-refractivity contribution >= 4 is 11.6 Å². The van der Waals surface area contributed by atoms with Crippen LogP contribution in [0.15, 0.2) is 24.3 Å². The van der Waals surface area contributed by atoms with Crippen molar-refractivity contribution in [1.82, 2.24) is 0 Å². The minimum Gasteiger partial charge on any atom is -0.375 e. The molecule has 0 aromatic heterocycles. The molecule has 16 heavy (non-hydrogen) atoms. The fourth-order valence-corrected chi connectivity index (χ4v) is 1.49. The van der Waals surface area contributed by atoms with Gasteiger partial charge in [-0.05, 0) is 23.6 Å². The van der Waals surface area contributed by atoms with Crippen molar-refractivity contribution in [3.63, 3.8) is 0 Å². The Bertz CT molecular complexity index is 299. The minimum absolute atomic E-state index is 0.123. The molecule has 0 fully saturated rings. The Labute approximate surface area is 103 Å². The molecular formula is C13H20ClNO. The van der Waals surface area contributed by atoms with E-state index < -0.39 is 0 Å². The molecule has 0 aliphatic heterocycles. The summed E-state index contributed by atoms with van der Waals surface area (Å²) in [5.74, 6) is 0.505. The summed E-state index contributed by atoms with van der Waals surface area (Å²) in [6, 6.07) is 7.80. The third-order valence-corrected chi connectivity index (χ3v) is 3.12. The van der Waals surface area contributed by atoms with Crippen molar-refractivity contribution in [3.05, 3.63) is 34.9 Å². The van der Waals surface area contributed by atoms with E-state index in [1.807, 2.05) is 24.3 Å². The SMILES string of the molecule is CCC(C)[C@H](N)COCc1ccc(Cl)cc1. The summed E-state index contributed by atoms with van der Waals surface area (Å²) in [7, 11) is 0. The summed E-state index contributed by atoms with van der Waals surface area (Å²) in [5, 5.41) is 0.750. The van der Waals surface area contributed by atoms with Crippen LogP contribution in [0.1, 0.15) is 25.8 Å². The van der Waals surface area contributed by atoms with Gasteiger partial charge in [-0.3, -0.25) is 0 Å². The van der Waals surface area contributed by atoms with E-state index in [-0.39, 0.29) is 6.04 Å². The van der Waals surface area contributed by atoms with Crippen LogP contribution < -0.4 is 5.73 Å². The molecule has 2 nitrogen and oxygen atoms in total. The van der Waals surface area contributed by atoms with Gasteiger partial charge in [-0.15, -0.1) is 0 Å². The standard InChI is InChI=1S/C13H20ClNO/c1-3-10(2)13(15)9-16-8-11-4-6-12(14)7-5-11/h4-7,10,13H,3,8-9,15H2,1-2H3/t10?,13-/m1/s1. The third-order valence-electron chi connectivity index (χ3n) is 2.87. The molecule has 0 amide bonds. The molecule has 90 valence electrons. The Kier molecular flexibility index (Phi) is 5.81. The van der Waals surface area contributed by atoms with Gasteiger partial charge in [0.1, 0.15) is 0 Å². The van der Waals surface area contributed by atoms with E-state index in [1.54, 1.807) is 0 Å². The molecule has 1 unspecified atom stereocenters. The van der Waals surface area contributed by atoms with Gasteiger partial charge in [0, 0.05) is 11.1 Å². The van der Waals surface area contributed by atoms with Crippen LogP contribution in [-0.4, -0.2) is 12.6 Å². The van der Waals surface area contributed by atoms with Gasteiger partial charge in [-0.25, -0.2) is 0 Å². The third kappa shape index (κ3) is 4.52. The summed E-state index contributed by atoms with van der Waals surface area (Å²) in [6.07, 6.45) is 1.09. The Morgan fingerprint density at radius 1 is 1.31 bits per heavy atom. The lowest BCUT2D eigenvalue weighted by Crippen LogP contribution is -2.32. The number of hydrogen-bond acceptors (Lipinski definition) is 2. The lowest BCUT2D eigenvalue weighted by atomic mass is 10.0. The molecule has 0 aliphatic rings. The van der Waals surface area contributed by atoms with Crippen LogP contribution in [0.4, 0.5) is 0 Å². The normalized spacial score (nSPS) is 14.8. The van der Waals surface area contributed by atoms with E-state index in [9.17, 15) is 0 Å². The van der Waals surface area contributed by atoms with Gasteiger partial charge < -0.3 is 10.5 Å². The van der Waals surface area contributed by atoms with Crippen molar-refractivity contribution in [1.29, 1.82) is 0 Å². The monoisotopic (exact) mass is 241 g/mol. The topological polar surface area (TPSA) is 35.2 Å². The average Bonchev–Trinajstić information content (AvgIpc) is 2.30. The van der Waals surface area contributed by atoms with E-state index in [4.69, 9.17) is 22.1 Å². The van der Waals surface area contributed by atoms with Gasteiger partial charge in [0.2, 0.25) is 0 Å². The molecule has 0 saturated heterocycles. The molecular weight excluding hydrogens is 222 g/mol. The van der Waals surface area contributed by atoms with Crippen molar-refractivity contribution < 1.29 is 4.74 Å². The second-order valence-electron chi connectivity index (χ2n) is 4.19. The Morgan fingerprint density at radius 3 is 2.50 bits per heavy atom. The number of ether oxygens (including phenoxy) is 1. The highest BCUT2D eigenvalue weighted by molar-refractivity contribution is 6.30. The number of hydrogen-bond donors (Lipinski definition) is 1.